The summed E-state index contributed by atoms with van der Waals surface area (Å²) in [6, 6.07) is 14.1. The minimum atomic E-state index is -3.64. The van der Waals surface area contributed by atoms with Crippen molar-refractivity contribution in [2.24, 2.45) is 0 Å². The van der Waals surface area contributed by atoms with Crippen LogP contribution < -0.4 is 4.72 Å². The Morgan fingerprint density at radius 1 is 1.19 bits per heavy atom. The largest absolute Gasteiger partial charge is 0.396 e. The molecule has 2 aromatic carbocycles. The van der Waals surface area contributed by atoms with Gasteiger partial charge in [-0.15, -0.1) is 0 Å². The van der Waals surface area contributed by atoms with Gasteiger partial charge < -0.3 is 10.0 Å². The van der Waals surface area contributed by atoms with Crippen molar-refractivity contribution in [3.8, 4) is 0 Å². The van der Waals surface area contributed by atoms with Crippen molar-refractivity contribution in [2.75, 3.05) is 13.2 Å². The van der Waals surface area contributed by atoms with Crippen molar-refractivity contribution in [3.05, 3.63) is 65.2 Å². The Morgan fingerprint density at radius 2 is 1.93 bits per heavy atom. The summed E-state index contributed by atoms with van der Waals surface area (Å²) in [5, 5.41) is 8.92. The van der Waals surface area contributed by atoms with Crippen LogP contribution in [0.15, 0.2) is 53.4 Å². The first kappa shape index (κ1) is 19.5. The van der Waals surface area contributed by atoms with Gasteiger partial charge in [-0.1, -0.05) is 36.4 Å². The number of amides is 1. The Kier molecular flexibility index (Phi) is 5.94. The van der Waals surface area contributed by atoms with Gasteiger partial charge in [-0.2, -0.15) is 0 Å². The highest BCUT2D eigenvalue weighted by Crippen LogP contribution is 2.24. The Hall–Kier alpha value is -2.22. The summed E-state index contributed by atoms with van der Waals surface area (Å²) in [4.78, 5) is 13.9. The highest BCUT2D eigenvalue weighted by molar-refractivity contribution is 7.89. The first-order valence-corrected chi connectivity index (χ1v) is 10.5. The van der Waals surface area contributed by atoms with Gasteiger partial charge in [-0.05, 0) is 42.2 Å². The quantitative estimate of drug-likeness (QED) is 0.792. The summed E-state index contributed by atoms with van der Waals surface area (Å²) in [5.41, 5.74) is 2.79. The summed E-state index contributed by atoms with van der Waals surface area (Å²) in [6.07, 6.45) is 0.715. The molecule has 0 radical (unpaired) electrons. The normalized spacial score (nSPS) is 15.3. The van der Waals surface area contributed by atoms with E-state index in [2.05, 4.69) is 4.72 Å². The fraction of sp³-hybridized carbons (Fsp3) is 0.350. The van der Waals surface area contributed by atoms with Crippen LogP contribution in [0.3, 0.4) is 0 Å². The van der Waals surface area contributed by atoms with Crippen LogP contribution in [0.1, 0.15) is 36.1 Å². The first-order valence-electron chi connectivity index (χ1n) is 8.98. The van der Waals surface area contributed by atoms with Gasteiger partial charge in [0.25, 0.3) is 0 Å². The van der Waals surface area contributed by atoms with Gasteiger partial charge in [0.1, 0.15) is 0 Å². The number of benzene rings is 2. The molecule has 3 rings (SSSR count). The molecule has 1 amide bonds. The number of carbonyl (C=O) groups excluding carboxylic acids is 1. The van der Waals surface area contributed by atoms with Crippen LogP contribution in [0.5, 0.6) is 0 Å². The maximum atomic E-state index is 12.8. The summed E-state index contributed by atoms with van der Waals surface area (Å²) in [7, 11) is -3.64. The zero-order chi connectivity index (χ0) is 19.4. The minimum absolute atomic E-state index is 0.0850. The second-order valence-corrected chi connectivity index (χ2v) is 8.44. The van der Waals surface area contributed by atoms with E-state index in [1.165, 1.54) is 0 Å². The van der Waals surface area contributed by atoms with E-state index in [0.29, 0.717) is 19.5 Å². The van der Waals surface area contributed by atoms with Crippen LogP contribution in [0.25, 0.3) is 0 Å². The fourth-order valence-corrected chi connectivity index (χ4v) is 4.56. The van der Waals surface area contributed by atoms with Crippen molar-refractivity contribution in [1.29, 1.82) is 0 Å². The molecule has 1 atom stereocenters. The Labute approximate surface area is 159 Å². The van der Waals surface area contributed by atoms with E-state index in [1.54, 1.807) is 23.1 Å². The van der Waals surface area contributed by atoms with Crippen LogP contribution in [-0.2, 0) is 27.8 Å². The number of nitrogens with one attached hydrogen (secondary N) is 1. The second-order valence-electron chi connectivity index (χ2n) is 6.72. The van der Waals surface area contributed by atoms with E-state index in [-0.39, 0.29) is 29.9 Å². The SMILES string of the molecule is CC(NS(=O)(=O)c1ccc2c(c1)CCN(C(=O)CCO)C2)c1ccccc1. The monoisotopic (exact) mass is 388 g/mol. The number of nitrogens with zero attached hydrogens (tertiary/aromatic N) is 1. The molecular formula is C20H24N2O4S. The predicted molar refractivity (Wildman–Crippen MR) is 102 cm³/mol. The van der Waals surface area contributed by atoms with E-state index in [4.69, 9.17) is 5.11 Å². The van der Waals surface area contributed by atoms with Crippen molar-refractivity contribution < 1.29 is 18.3 Å². The minimum Gasteiger partial charge on any atom is -0.396 e. The average molecular weight is 388 g/mol. The van der Waals surface area contributed by atoms with Gasteiger partial charge in [0.05, 0.1) is 11.5 Å². The van der Waals surface area contributed by atoms with Crippen LogP contribution in [0, 0.1) is 0 Å². The number of rotatable bonds is 6. The summed E-state index contributed by atoms with van der Waals surface area (Å²) in [5.74, 6) is -0.0850. The molecule has 0 spiro atoms. The number of hydrogen-bond donors (Lipinski definition) is 2. The van der Waals surface area contributed by atoms with Crippen molar-refractivity contribution in [3.63, 3.8) is 0 Å². The molecule has 0 bridgehead atoms. The zero-order valence-corrected chi connectivity index (χ0v) is 16.1. The van der Waals surface area contributed by atoms with E-state index in [9.17, 15) is 13.2 Å². The molecule has 1 aliphatic rings. The summed E-state index contributed by atoms with van der Waals surface area (Å²) >= 11 is 0. The molecule has 6 nitrogen and oxygen atoms in total. The van der Waals surface area contributed by atoms with Crippen molar-refractivity contribution >= 4 is 15.9 Å². The van der Waals surface area contributed by atoms with Gasteiger partial charge in [-0.25, -0.2) is 13.1 Å². The van der Waals surface area contributed by atoms with Gasteiger partial charge in [0, 0.05) is 25.6 Å². The van der Waals surface area contributed by atoms with Crippen LogP contribution >= 0.6 is 0 Å². The number of carbonyl (C=O) groups is 1. The topological polar surface area (TPSA) is 86.7 Å². The van der Waals surface area contributed by atoms with Gasteiger partial charge in [0.2, 0.25) is 15.9 Å². The molecule has 144 valence electrons. The molecule has 1 unspecified atom stereocenters. The molecule has 0 aliphatic carbocycles. The van der Waals surface area contributed by atoms with Gasteiger partial charge >= 0.3 is 0 Å². The lowest BCUT2D eigenvalue weighted by Gasteiger charge is -2.29. The zero-order valence-electron chi connectivity index (χ0n) is 15.3. The maximum Gasteiger partial charge on any atom is 0.241 e. The molecule has 1 heterocycles. The van der Waals surface area contributed by atoms with Crippen molar-refractivity contribution in [2.45, 2.75) is 37.2 Å². The van der Waals surface area contributed by atoms with E-state index in [1.807, 2.05) is 37.3 Å². The lowest BCUT2D eigenvalue weighted by atomic mass is 10.00. The highest BCUT2D eigenvalue weighted by atomic mass is 32.2. The molecule has 1 aliphatic heterocycles. The summed E-state index contributed by atoms with van der Waals surface area (Å²) in [6.45, 7) is 2.63. The maximum absolute atomic E-state index is 12.8. The lowest BCUT2D eigenvalue weighted by molar-refractivity contribution is -0.132. The number of aliphatic hydroxyl groups excluding tert-OH is 1. The Balaban J connectivity index is 1.76. The predicted octanol–water partition coefficient (Wildman–Crippen LogP) is 1.99. The first-order chi connectivity index (χ1) is 12.9. The third-order valence-corrected chi connectivity index (χ3v) is 6.35. The Bertz CT molecular complexity index is 913. The number of sulfonamides is 1. The molecule has 0 saturated heterocycles. The van der Waals surface area contributed by atoms with Crippen molar-refractivity contribution in [1.82, 2.24) is 9.62 Å². The smallest absolute Gasteiger partial charge is 0.241 e. The van der Waals surface area contributed by atoms with Gasteiger partial charge in [-0.3, -0.25) is 4.79 Å². The molecule has 27 heavy (non-hydrogen) atoms. The Morgan fingerprint density at radius 3 is 2.63 bits per heavy atom. The van der Waals surface area contributed by atoms with E-state index in [0.717, 1.165) is 16.7 Å². The number of hydrogen-bond acceptors (Lipinski definition) is 4. The lowest BCUT2D eigenvalue weighted by Crippen LogP contribution is -2.36. The number of aliphatic hydroxyl groups is 1. The van der Waals surface area contributed by atoms with Crippen LogP contribution in [0.2, 0.25) is 0 Å². The standard InChI is InChI=1S/C20H24N2O4S/c1-15(16-5-3-2-4-6-16)21-27(25,26)19-8-7-18-14-22(20(24)10-12-23)11-9-17(18)13-19/h2-8,13,15,21,23H,9-12,14H2,1H3. The number of fused-ring (bicyclic) bond motifs is 1. The molecule has 7 heteroatoms. The molecule has 0 aromatic heterocycles. The fourth-order valence-electron chi connectivity index (χ4n) is 3.27. The molecule has 0 fully saturated rings. The third kappa shape index (κ3) is 4.55. The average Bonchev–Trinajstić information content (AvgIpc) is 2.67. The van der Waals surface area contributed by atoms with Crippen LogP contribution in [-0.4, -0.2) is 37.5 Å². The second kappa shape index (κ2) is 8.21. The molecule has 2 N–H and O–H groups in total. The third-order valence-electron chi connectivity index (χ3n) is 4.81. The highest BCUT2D eigenvalue weighted by Gasteiger charge is 2.24. The van der Waals surface area contributed by atoms with Crippen LogP contribution in [0.4, 0.5) is 0 Å². The summed E-state index contributed by atoms with van der Waals surface area (Å²) < 4.78 is 28.2. The molecule has 2 aromatic rings. The molecule has 0 saturated carbocycles. The molecular weight excluding hydrogens is 364 g/mol. The van der Waals surface area contributed by atoms with E-state index < -0.39 is 10.0 Å². The van der Waals surface area contributed by atoms with E-state index >= 15 is 0 Å². The van der Waals surface area contributed by atoms with Gasteiger partial charge in [0.15, 0.2) is 0 Å².